The summed E-state index contributed by atoms with van der Waals surface area (Å²) >= 11 is 0. The summed E-state index contributed by atoms with van der Waals surface area (Å²) in [7, 11) is 1.28. The Morgan fingerprint density at radius 1 is 0.741 bits per heavy atom. The van der Waals surface area contributed by atoms with Gasteiger partial charge >= 0.3 is 5.97 Å². The minimum absolute atomic E-state index is 0.265. The molecule has 0 amide bonds. The highest BCUT2D eigenvalue weighted by Crippen LogP contribution is 2.20. The van der Waals surface area contributed by atoms with Crippen molar-refractivity contribution in [1.82, 2.24) is 4.57 Å². The zero-order chi connectivity index (χ0) is 19.0. The Bertz CT molecular complexity index is 1250. The van der Waals surface area contributed by atoms with Gasteiger partial charge in [-0.15, -0.1) is 0 Å². The van der Waals surface area contributed by atoms with E-state index in [0.29, 0.717) is 27.2 Å². The summed E-state index contributed by atoms with van der Waals surface area (Å²) in [6, 6.07) is 20.5. The Labute approximate surface area is 154 Å². The van der Waals surface area contributed by atoms with Crippen molar-refractivity contribution in [3.8, 4) is 5.69 Å². The zero-order valence-electron chi connectivity index (χ0n) is 14.5. The van der Waals surface area contributed by atoms with Crippen molar-refractivity contribution in [3.05, 3.63) is 99.1 Å². The molecule has 0 fully saturated rings. The molecule has 5 heteroatoms. The van der Waals surface area contributed by atoms with Crippen LogP contribution in [-0.4, -0.2) is 17.6 Å². The Morgan fingerprint density at radius 2 is 1.26 bits per heavy atom. The molecule has 0 atom stereocenters. The number of carbonyl (C=O) groups is 1. The van der Waals surface area contributed by atoms with E-state index in [4.69, 9.17) is 4.74 Å². The van der Waals surface area contributed by atoms with Crippen LogP contribution in [0.25, 0.3) is 27.2 Å². The normalized spacial score (nSPS) is 10.9. The van der Waals surface area contributed by atoms with Crippen LogP contribution < -0.4 is 11.1 Å². The Balaban J connectivity index is 2.21. The number of methoxy groups -OCH3 is 1. The first kappa shape index (κ1) is 16.7. The summed E-state index contributed by atoms with van der Waals surface area (Å²) in [5.41, 5.74) is -0.288. The standard InChI is InChI=1S/C22H15NO4/c1-27-22(26)14-7-6-8-15(13-14)23-20(24)18-11-4-2-9-16(18)17-10-3-5-12-19(17)21(23)25/h2-13H,1H3. The number of fused-ring (bicyclic) bond motifs is 3. The predicted molar refractivity (Wildman–Crippen MR) is 105 cm³/mol. The molecule has 0 saturated carbocycles. The number of carbonyl (C=O) groups excluding carboxylic acids is 1. The van der Waals surface area contributed by atoms with E-state index < -0.39 is 17.1 Å². The lowest BCUT2D eigenvalue weighted by Crippen LogP contribution is -2.28. The molecule has 0 bridgehead atoms. The summed E-state index contributed by atoms with van der Waals surface area (Å²) in [5, 5.41) is 2.27. The van der Waals surface area contributed by atoms with Crippen molar-refractivity contribution in [2.24, 2.45) is 0 Å². The lowest BCUT2D eigenvalue weighted by Gasteiger charge is -2.05. The van der Waals surface area contributed by atoms with Crippen LogP contribution in [0, 0.1) is 0 Å². The molecule has 5 nitrogen and oxygen atoms in total. The number of esters is 1. The van der Waals surface area contributed by atoms with Crippen molar-refractivity contribution in [3.63, 3.8) is 0 Å². The van der Waals surface area contributed by atoms with E-state index in [-0.39, 0.29) is 5.56 Å². The predicted octanol–water partition coefficient (Wildman–Crippen LogP) is 3.29. The minimum atomic E-state index is -0.535. The van der Waals surface area contributed by atoms with Gasteiger partial charge < -0.3 is 4.74 Å². The minimum Gasteiger partial charge on any atom is -0.465 e. The van der Waals surface area contributed by atoms with Crippen LogP contribution in [0.15, 0.2) is 82.4 Å². The summed E-state index contributed by atoms with van der Waals surface area (Å²) in [6.07, 6.45) is 0. The molecule has 4 rings (SSSR count). The second-order valence-electron chi connectivity index (χ2n) is 6.08. The number of hydrogen-bond donors (Lipinski definition) is 0. The third-order valence-electron chi connectivity index (χ3n) is 4.54. The molecule has 132 valence electrons. The van der Waals surface area contributed by atoms with E-state index in [1.807, 2.05) is 24.3 Å². The van der Waals surface area contributed by atoms with Crippen LogP contribution in [-0.2, 0) is 4.74 Å². The van der Waals surface area contributed by atoms with Crippen LogP contribution in [0.4, 0.5) is 0 Å². The van der Waals surface area contributed by atoms with E-state index in [9.17, 15) is 14.4 Å². The molecule has 0 N–H and O–H groups in total. The third-order valence-corrected chi connectivity index (χ3v) is 4.54. The van der Waals surface area contributed by atoms with Crippen molar-refractivity contribution in [2.45, 2.75) is 0 Å². The van der Waals surface area contributed by atoms with Gasteiger partial charge in [0.1, 0.15) is 0 Å². The van der Waals surface area contributed by atoms with Crippen LogP contribution in [0.1, 0.15) is 10.4 Å². The van der Waals surface area contributed by atoms with Gasteiger partial charge in [0.25, 0.3) is 11.1 Å². The van der Waals surface area contributed by atoms with Gasteiger partial charge in [0.2, 0.25) is 0 Å². The highest BCUT2D eigenvalue weighted by Gasteiger charge is 2.13. The highest BCUT2D eigenvalue weighted by molar-refractivity contribution is 6.05. The number of rotatable bonds is 2. The zero-order valence-corrected chi connectivity index (χ0v) is 14.5. The van der Waals surface area contributed by atoms with Gasteiger partial charge in [-0.2, -0.15) is 0 Å². The van der Waals surface area contributed by atoms with E-state index in [1.54, 1.807) is 42.5 Å². The van der Waals surface area contributed by atoms with E-state index in [2.05, 4.69) is 0 Å². The lowest BCUT2D eigenvalue weighted by molar-refractivity contribution is 0.0600. The fraction of sp³-hybridized carbons (Fsp3) is 0.0455. The van der Waals surface area contributed by atoms with Gasteiger partial charge in [-0.3, -0.25) is 9.59 Å². The summed E-state index contributed by atoms with van der Waals surface area (Å²) in [5.74, 6) is -0.535. The second kappa shape index (κ2) is 6.53. The number of hydrogen-bond acceptors (Lipinski definition) is 4. The van der Waals surface area contributed by atoms with Crippen LogP contribution in [0.2, 0.25) is 0 Å². The van der Waals surface area contributed by atoms with Gasteiger partial charge in [0.15, 0.2) is 0 Å². The first-order valence-corrected chi connectivity index (χ1v) is 8.37. The Morgan fingerprint density at radius 3 is 1.78 bits per heavy atom. The Kier molecular flexibility index (Phi) is 4.05. The molecule has 0 aliphatic heterocycles. The summed E-state index contributed by atoms with van der Waals surface area (Å²) in [4.78, 5) is 38.4. The molecule has 0 saturated heterocycles. The van der Waals surface area contributed by atoms with Crippen molar-refractivity contribution in [2.75, 3.05) is 7.11 Å². The van der Waals surface area contributed by atoms with Crippen molar-refractivity contribution < 1.29 is 9.53 Å². The fourth-order valence-corrected chi connectivity index (χ4v) is 3.27. The molecule has 0 aliphatic carbocycles. The average Bonchev–Trinajstić information content (AvgIpc) is 2.81. The number of nitrogens with zero attached hydrogens (tertiary/aromatic N) is 1. The fourth-order valence-electron chi connectivity index (χ4n) is 3.27. The largest absolute Gasteiger partial charge is 0.465 e. The van der Waals surface area contributed by atoms with E-state index in [1.165, 1.54) is 13.2 Å². The van der Waals surface area contributed by atoms with Gasteiger partial charge in [0, 0.05) is 10.8 Å². The van der Waals surface area contributed by atoms with Gasteiger partial charge in [0.05, 0.1) is 18.4 Å². The lowest BCUT2D eigenvalue weighted by atomic mass is 10.1. The van der Waals surface area contributed by atoms with Crippen LogP contribution in [0.3, 0.4) is 0 Å². The molecule has 0 spiro atoms. The quantitative estimate of drug-likeness (QED) is 0.517. The molecule has 4 aromatic rings. The van der Waals surface area contributed by atoms with Crippen LogP contribution in [0.5, 0.6) is 0 Å². The Hall–Kier alpha value is -3.73. The maximum absolute atomic E-state index is 13.3. The molecule has 1 heterocycles. The molecule has 3 aromatic carbocycles. The van der Waals surface area contributed by atoms with Crippen molar-refractivity contribution >= 4 is 27.5 Å². The molecular formula is C22H15NO4. The molecule has 27 heavy (non-hydrogen) atoms. The summed E-state index contributed by atoms with van der Waals surface area (Å²) < 4.78 is 5.85. The second-order valence-corrected chi connectivity index (χ2v) is 6.08. The maximum atomic E-state index is 13.3. The smallest absolute Gasteiger partial charge is 0.337 e. The third kappa shape index (κ3) is 2.69. The molecule has 0 unspecified atom stereocenters. The van der Waals surface area contributed by atoms with Gasteiger partial charge in [-0.05, 0) is 41.1 Å². The van der Waals surface area contributed by atoms with Gasteiger partial charge in [-0.1, -0.05) is 42.5 Å². The van der Waals surface area contributed by atoms with Gasteiger partial charge in [-0.25, -0.2) is 9.36 Å². The van der Waals surface area contributed by atoms with E-state index in [0.717, 1.165) is 4.57 Å². The SMILES string of the molecule is COC(=O)c1cccc(-n2c(=O)c3ccccc3c3ccccc3c2=O)c1. The molecular weight excluding hydrogens is 342 g/mol. The first-order chi connectivity index (χ1) is 13.1. The van der Waals surface area contributed by atoms with Crippen LogP contribution >= 0.6 is 0 Å². The number of aromatic nitrogens is 1. The first-order valence-electron chi connectivity index (χ1n) is 8.37. The average molecular weight is 357 g/mol. The van der Waals surface area contributed by atoms with E-state index >= 15 is 0 Å². The molecule has 0 aliphatic rings. The monoisotopic (exact) mass is 357 g/mol. The molecule has 0 radical (unpaired) electrons. The topological polar surface area (TPSA) is 65.4 Å². The molecule has 1 aromatic heterocycles. The summed E-state index contributed by atoms with van der Waals surface area (Å²) in [6.45, 7) is 0. The number of ether oxygens (including phenoxy) is 1. The maximum Gasteiger partial charge on any atom is 0.337 e. The van der Waals surface area contributed by atoms with Crippen molar-refractivity contribution in [1.29, 1.82) is 0 Å². The number of benzene rings is 3. The highest BCUT2D eigenvalue weighted by atomic mass is 16.5.